The minimum atomic E-state index is -1.78. The molecular weight excluding hydrogens is 865 g/mol. The molecular formula is C52H82O15. The lowest BCUT2D eigenvalue weighted by Gasteiger charge is -2.42. The Hall–Kier alpha value is -3.58. The number of aliphatic hydroxyl groups is 7. The number of hydrogen-bond acceptors (Lipinski definition) is 15. The standard InChI is InChI=1S/C52H82O15/c1-3-5-7-9-11-13-15-17-18-19-20-21-23-24-26-28-30-32-34-43(54)62-37-40(65-44(55)35-33-31-29-27-25-22-16-14-12-10-8-6-4-2)38-63-51-50(61)48(59)46(57)42(67-51)39-64-52-49(60)47(58)45(56)41(36-53)66-52/h6,8,10-22,25,40-42,45-53,56-61H,3-5,7,9,23-24,26-39H2,1-2H3/b8-6+,12-10+,13-11+,16-14+,17-15+,19-18+,21-20+,25-22+/t40?,41-,42-,45+,46+,47?,48?,49?,50?,51-,52-/m1/s1. The average Bonchev–Trinajstić information content (AvgIpc) is 3.32. The van der Waals surface area contributed by atoms with Gasteiger partial charge in [-0.05, 0) is 57.8 Å². The van der Waals surface area contributed by atoms with Crippen molar-refractivity contribution in [3.05, 3.63) is 97.2 Å². The Morgan fingerprint density at radius 1 is 0.493 bits per heavy atom. The molecule has 11 atom stereocenters. The van der Waals surface area contributed by atoms with Crippen molar-refractivity contribution in [3.8, 4) is 0 Å². The smallest absolute Gasteiger partial charge is 0.306 e. The molecule has 0 amide bonds. The fourth-order valence-corrected chi connectivity index (χ4v) is 6.94. The van der Waals surface area contributed by atoms with Crippen LogP contribution in [0.5, 0.6) is 0 Å². The summed E-state index contributed by atoms with van der Waals surface area (Å²) in [7, 11) is 0. The lowest BCUT2D eigenvalue weighted by atomic mass is 9.98. The number of rotatable bonds is 35. The molecule has 15 nitrogen and oxygen atoms in total. The maximum atomic E-state index is 12.9. The van der Waals surface area contributed by atoms with Crippen LogP contribution in [0, 0.1) is 0 Å². The first-order chi connectivity index (χ1) is 32.5. The minimum Gasteiger partial charge on any atom is -0.462 e. The molecule has 15 heteroatoms. The molecule has 67 heavy (non-hydrogen) atoms. The summed E-state index contributed by atoms with van der Waals surface area (Å²) in [6, 6.07) is 0. The van der Waals surface area contributed by atoms with E-state index in [9.17, 15) is 45.3 Å². The highest BCUT2D eigenvalue weighted by molar-refractivity contribution is 5.70. The van der Waals surface area contributed by atoms with Gasteiger partial charge in [0.15, 0.2) is 18.7 Å². The zero-order valence-corrected chi connectivity index (χ0v) is 39.8. The van der Waals surface area contributed by atoms with Crippen molar-refractivity contribution < 1.29 is 73.8 Å². The van der Waals surface area contributed by atoms with E-state index in [1.807, 2.05) is 60.8 Å². The fraction of sp³-hybridized carbons (Fsp3) is 0.654. The average molecular weight is 947 g/mol. The predicted octanol–water partition coefficient (Wildman–Crippen LogP) is 6.20. The molecule has 380 valence electrons. The summed E-state index contributed by atoms with van der Waals surface area (Å²) in [6.45, 7) is 2.30. The van der Waals surface area contributed by atoms with Gasteiger partial charge in [-0.3, -0.25) is 9.59 Å². The number of carbonyl (C=O) groups is 2. The number of aliphatic hydroxyl groups excluding tert-OH is 7. The van der Waals surface area contributed by atoms with Crippen molar-refractivity contribution in [2.75, 3.05) is 26.4 Å². The summed E-state index contributed by atoms with van der Waals surface area (Å²) in [4.78, 5) is 25.7. The first-order valence-electron chi connectivity index (χ1n) is 24.4. The Morgan fingerprint density at radius 2 is 0.940 bits per heavy atom. The van der Waals surface area contributed by atoms with E-state index in [-0.39, 0.29) is 19.4 Å². The maximum Gasteiger partial charge on any atom is 0.306 e. The van der Waals surface area contributed by atoms with Crippen molar-refractivity contribution in [1.29, 1.82) is 0 Å². The molecule has 0 bridgehead atoms. The van der Waals surface area contributed by atoms with Crippen molar-refractivity contribution in [2.24, 2.45) is 0 Å². The maximum absolute atomic E-state index is 12.9. The number of esters is 2. The summed E-state index contributed by atoms with van der Waals surface area (Å²) in [5, 5.41) is 72.0. The summed E-state index contributed by atoms with van der Waals surface area (Å²) < 4.78 is 33.4. The number of carbonyl (C=O) groups excluding carboxylic acids is 2. The summed E-state index contributed by atoms with van der Waals surface area (Å²) >= 11 is 0. The summed E-state index contributed by atoms with van der Waals surface area (Å²) in [6.07, 6.45) is 30.1. The lowest BCUT2D eigenvalue weighted by molar-refractivity contribution is -0.332. The van der Waals surface area contributed by atoms with Gasteiger partial charge in [0.1, 0.15) is 55.4 Å². The third kappa shape index (κ3) is 26.7. The zero-order chi connectivity index (χ0) is 48.9. The Labute approximate surface area is 398 Å². The van der Waals surface area contributed by atoms with Gasteiger partial charge in [0.25, 0.3) is 0 Å². The second kappa shape index (κ2) is 38.3. The van der Waals surface area contributed by atoms with Crippen LogP contribution in [-0.2, 0) is 38.0 Å². The third-order valence-corrected chi connectivity index (χ3v) is 11.0. The molecule has 0 spiro atoms. The monoisotopic (exact) mass is 947 g/mol. The highest BCUT2D eigenvalue weighted by atomic mass is 16.7. The van der Waals surface area contributed by atoms with Crippen LogP contribution in [0.4, 0.5) is 0 Å². The Kier molecular flexibility index (Phi) is 34.0. The molecule has 0 saturated carbocycles. The molecule has 0 radical (unpaired) electrons. The van der Waals surface area contributed by atoms with Crippen LogP contribution in [-0.4, -0.2) is 142 Å². The molecule has 0 aromatic rings. The van der Waals surface area contributed by atoms with Gasteiger partial charge in [-0.1, -0.05) is 150 Å². The summed E-state index contributed by atoms with van der Waals surface area (Å²) in [5.41, 5.74) is 0. The van der Waals surface area contributed by atoms with Gasteiger partial charge < -0.3 is 64.2 Å². The Balaban J connectivity index is 1.86. The number of allylic oxidation sites excluding steroid dienone is 16. The topological polar surface area (TPSA) is 231 Å². The normalized spacial score (nSPS) is 26.8. The van der Waals surface area contributed by atoms with Gasteiger partial charge in [0.2, 0.25) is 0 Å². The molecule has 2 fully saturated rings. The number of ether oxygens (including phenoxy) is 6. The lowest BCUT2D eigenvalue weighted by Crippen LogP contribution is -2.61. The van der Waals surface area contributed by atoms with Crippen LogP contribution in [0.1, 0.15) is 123 Å². The van der Waals surface area contributed by atoms with Gasteiger partial charge in [-0.15, -0.1) is 0 Å². The van der Waals surface area contributed by atoms with E-state index in [0.717, 1.165) is 64.2 Å². The molecule has 7 N–H and O–H groups in total. The number of hydrogen-bond donors (Lipinski definition) is 7. The molecule has 0 aromatic heterocycles. The molecule has 2 rings (SSSR count). The van der Waals surface area contributed by atoms with Gasteiger partial charge in [-0.2, -0.15) is 0 Å². The third-order valence-electron chi connectivity index (χ3n) is 11.0. The van der Waals surface area contributed by atoms with E-state index in [1.165, 1.54) is 19.3 Å². The van der Waals surface area contributed by atoms with Crippen LogP contribution in [0.15, 0.2) is 97.2 Å². The van der Waals surface area contributed by atoms with E-state index in [2.05, 4.69) is 50.3 Å². The van der Waals surface area contributed by atoms with Crippen LogP contribution >= 0.6 is 0 Å². The van der Waals surface area contributed by atoms with E-state index in [0.29, 0.717) is 12.8 Å². The van der Waals surface area contributed by atoms with Crippen molar-refractivity contribution >= 4 is 11.9 Å². The van der Waals surface area contributed by atoms with Gasteiger partial charge >= 0.3 is 11.9 Å². The summed E-state index contributed by atoms with van der Waals surface area (Å²) in [5.74, 6) is -1.01. The highest BCUT2D eigenvalue weighted by Crippen LogP contribution is 2.26. The van der Waals surface area contributed by atoms with Crippen LogP contribution < -0.4 is 0 Å². The minimum absolute atomic E-state index is 0.107. The van der Waals surface area contributed by atoms with Crippen LogP contribution in [0.2, 0.25) is 0 Å². The van der Waals surface area contributed by atoms with Gasteiger partial charge in [-0.25, -0.2) is 0 Å². The predicted molar refractivity (Wildman–Crippen MR) is 256 cm³/mol. The van der Waals surface area contributed by atoms with Gasteiger partial charge in [0.05, 0.1) is 19.8 Å². The largest absolute Gasteiger partial charge is 0.462 e. The first kappa shape index (κ1) is 59.5. The van der Waals surface area contributed by atoms with Crippen LogP contribution in [0.3, 0.4) is 0 Å². The van der Waals surface area contributed by atoms with Crippen molar-refractivity contribution in [2.45, 2.75) is 191 Å². The van der Waals surface area contributed by atoms with Crippen molar-refractivity contribution in [3.63, 3.8) is 0 Å². The van der Waals surface area contributed by atoms with E-state index < -0.39 is 99.3 Å². The molecule has 2 saturated heterocycles. The molecule has 2 aliphatic rings. The SMILES string of the molecule is CC/C=C/C=C/C=C/C=C/CCCCCC(=O)OC(COC(=O)CCCCCCC/C=C/C=C/C=C/C=C/CCCCC)CO[C@@H]1O[C@H](CO[C@@H]2O[C@H](CO)[C@H](O)C(O)C2O)[C@H](O)C(O)C1O. The van der Waals surface area contributed by atoms with E-state index in [1.54, 1.807) is 0 Å². The zero-order valence-electron chi connectivity index (χ0n) is 39.8. The van der Waals surface area contributed by atoms with E-state index >= 15 is 0 Å². The molecule has 5 unspecified atom stereocenters. The molecule has 2 heterocycles. The molecule has 0 aliphatic carbocycles. The van der Waals surface area contributed by atoms with E-state index in [4.69, 9.17) is 28.4 Å². The molecule has 2 aliphatic heterocycles. The van der Waals surface area contributed by atoms with Crippen molar-refractivity contribution in [1.82, 2.24) is 0 Å². The first-order valence-corrected chi connectivity index (χ1v) is 24.4. The second-order valence-corrected chi connectivity index (χ2v) is 16.7. The highest BCUT2D eigenvalue weighted by Gasteiger charge is 2.47. The van der Waals surface area contributed by atoms with Crippen LogP contribution in [0.25, 0.3) is 0 Å². The molecule has 0 aromatic carbocycles. The fourth-order valence-electron chi connectivity index (χ4n) is 6.94. The quantitative estimate of drug-likeness (QED) is 0.0213. The van der Waals surface area contributed by atoms with Gasteiger partial charge in [0, 0.05) is 12.8 Å². The second-order valence-electron chi connectivity index (χ2n) is 16.7. The Morgan fingerprint density at radius 3 is 1.49 bits per heavy atom. The Bertz CT molecular complexity index is 1530. The number of unbranched alkanes of at least 4 members (excludes halogenated alkanes) is 11.